The van der Waals surface area contributed by atoms with Crippen LogP contribution in [0.1, 0.15) is 26.7 Å². The molecule has 6 atom stereocenters. The normalized spacial score (nSPS) is 66.7. The summed E-state index contributed by atoms with van der Waals surface area (Å²) in [4.78, 5) is 0. The van der Waals surface area contributed by atoms with Gasteiger partial charge in [0.25, 0.3) is 0 Å². The molecule has 2 nitrogen and oxygen atoms in total. The Morgan fingerprint density at radius 1 is 1.00 bits per heavy atom. The molecular formula is C12H16N2. The summed E-state index contributed by atoms with van der Waals surface area (Å²) in [5, 5.41) is 9.12. The predicted octanol–water partition coefficient (Wildman–Crippen LogP) is 2.81. The lowest BCUT2D eigenvalue weighted by Gasteiger charge is -2.35. The summed E-state index contributed by atoms with van der Waals surface area (Å²) >= 11 is 0. The van der Waals surface area contributed by atoms with Gasteiger partial charge in [0.2, 0.25) is 0 Å². The van der Waals surface area contributed by atoms with Gasteiger partial charge in [0.15, 0.2) is 0 Å². The SMILES string of the molecule is CC12CC(C)(N=N1)C1C3C=CC(C3)C12. The molecule has 1 aliphatic heterocycles. The summed E-state index contributed by atoms with van der Waals surface area (Å²) in [6.45, 7) is 4.64. The molecule has 14 heavy (non-hydrogen) atoms. The molecule has 0 saturated heterocycles. The molecule has 0 amide bonds. The van der Waals surface area contributed by atoms with E-state index in [2.05, 4.69) is 36.2 Å². The number of azo groups is 1. The molecule has 0 radical (unpaired) electrons. The number of hydrogen-bond acceptors (Lipinski definition) is 2. The second-order valence-corrected chi connectivity index (χ2v) is 6.09. The van der Waals surface area contributed by atoms with E-state index in [1.165, 1.54) is 12.8 Å². The third-order valence-electron chi connectivity index (χ3n) is 5.12. The number of rotatable bonds is 0. The average molecular weight is 188 g/mol. The minimum Gasteiger partial charge on any atom is -0.187 e. The van der Waals surface area contributed by atoms with Crippen LogP contribution in [0.25, 0.3) is 0 Å². The Morgan fingerprint density at radius 3 is 2.00 bits per heavy atom. The van der Waals surface area contributed by atoms with E-state index < -0.39 is 0 Å². The van der Waals surface area contributed by atoms with Crippen molar-refractivity contribution in [2.24, 2.45) is 33.9 Å². The highest BCUT2D eigenvalue weighted by Crippen LogP contribution is 2.67. The Hall–Kier alpha value is -0.660. The van der Waals surface area contributed by atoms with Crippen molar-refractivity contribution in [2.45, 2.75) is 37.8 Å². The van der Waals surface area contributed by atoms with Crippen molar-refractivity contribution >= 4 is 0 Å². The zero-order valence-electron chi connectivity index (χ0n) is 8.77. The molecule has 0 aromatic carbocycles. The molecule has 4 aliphatic rings. The smallest absolute Gasteiger partial charge is 0.0849 e. The topological polar surface area (TPSA) is 24.7 Å². The van der Waals surface area contributed by atoms with Crippen LogP contribution in [0.15, 0.2) is 22.4 Å². The first-order valence-corrected chi connectivity index (χ1v) is 5.75. The van der Waals surface area contributed by atoms with Crippen molar-refractivity contribution in [3.05, 3.63) is 12.2 Å². The van der Waals surface area contributed by atoms with Gasteiger partial charge >= 0.3 is 0 Å². The Bertz CT molecular complexity index is 341. The molecule has 74 valence electrons. The first-order chi connectivity index (χ1) is 6.62. The van der Waals surface area contributed by atoms with E-state index in [4.69, 9.17) is 0 Å². The molecular weight excluding hydrogens is 172 g/mol. The summed E-state index contributed by atoms with van der Waals surface area (Å²) in [5.41, 5.74) is 0.368. The average Bonchev–Trinajstić information content (AvgIpc) is 2.79. The maximum absolute atomic E-state index is 4.56. The van der Waals surface area contributed by atoms with Crippen LogP contribution < -0.4 is 0 Å². The number of nitrogens with zero attached hydrogens (tertiary/aromatic N) is 2. The van der Waals surface area contributed by atoms with E-state index in [-0.39, 0.29) is 11.1 Å². The van der Waals surface area contributed by atoms with Gasteiger partial charge in [0, 0.05) is 6.42 Å². The highest BCUT2D eigenvalue weighted by atomic mass is 15.3. The zero-order valence-corrected chi connectivity index (χ0v) is 8.77. The van der Waals surface area contributed by atoms with Crippen LogP contribution in [0.2, 0.25) is 0 Å². The third-order valence-corrected chi connectivity index (χ3v) is 5.12. The van der Waals surface area contributed by atoms with Gasteiger partial charge in [0.1, 0.15) is 0 Å². The summed E-state index contributed by atoms with van der Waals surface area (Å²) in [7, 11) is 0. The van der Waals surface area contributed by atoms with Gasteiger partial charge in [0.05, 0.1) is 11.1 Å². The van der Waals surface area contributed by atoms with E-state index in [0.717, 1.165) is 23.7 Å². The standard InChI is InChI=1S/C12H16N2/c1-11-6-12(2,14-13-11)10-8-4-3-7(5-8)9(10)11/h3-4,7-10H,5-6H2,1-2H3. The Morgan fingerprint density at radius 2 is 1.50 bits per heavy atom. The van der Waals surface area contributed by atoms with Crippen LogP contribution in [0.3, 0.4) is 0 Å². The summed E-state index contributed by atoms with van der Waals surface area (Å²) < 4.78 is 0. The van der Waals surface area contributed by atoms with Crippen LogP contribution in [-0.2, 0) is 0 Å². The molecule has 2 fully saturated rings. The molecule has 6 unspecified atom stereocenters. The highest BCUT2D eigenvalue weighted by molar-refractivity contribution is 5.29. The van der Waals surface area contributed by atoms with Crippen molar-refractivity contribution in [3.8, 4) is 0 Å². The van der Waals surface area contributed by atoms with Gasteiger partial charge in [-0.25, -0.2) is 0 Å². The van der Waals surface area contributed by atoms with Crippen molar-refractivity contribution in [3.63, 3.8) is 0 Å². The van der Waals surface area contributed by atoms with Gasteiger partial charge in [-0.05, 0) is 43.9 Å². The maximum Gasteiger partial charge on any atom is 0.0849 e. The van der Waals surface area contributed by atoms with E-state index >= 15 is 0 Å². The fraction of sp³-hybridized carbons (Fsp3) is 0.833. The molecule has 0 N–H and O–H groups in total. The van der Waals surface area contributed by atoms with Crippen LogP contribution in [0.5, 0.6) is 0 Å². The maximum atomic E-state index is 4.56. The monoisotopic (exact) mass is 188 g/mol. The quantitative estimate of drug-likeness (QED) is 0.412. The Kier molecular flexibility index (Phi) is 1.00. The molecule has 0 spiro atoms. The van der Waals surface area contributed by atoms with Crippen molar-refractivity contribution in [2.75, 3.05) is 0 Å². The largest absolute Gasteiger partial charge is 0.187 e. The molecule has 0 aromatic rings. The van der Waals surface area contributed by atoms with E-state index in [0.29, 0.717) is 0 Å². The summed E-state index contributed by atoms with van der Waals surface area (Å²) in [6, 6.07) is 0. The lowest BCUT2D eigenvalue weighted by molar-refractivity contribution is 0.200. The zero-order chi connectivity index (χ0) is 9.55. The summed E-state index contributed by atoms with van der Waals surface area (Å²) in [6.07, 6.45) is 7.46. The summed E-state index contributed by atoms with van der Waals surface area (Å²) in [5.74, 6) is 3.24. The molecule has 4 rings (SSSR count). The molecule has 2 saturated carbocycles. The van der Waals surface area contributed by atoms with Crippen LogP contribution in [-0.4, -0.2) is 11.1 Å². The van der Waals surface area contributed by atoms with Gasteiger partial charge < -0.3 is 0 Å². The second kappa shape index (κ2) is 1.84. The van der Waals surface area contributed by atoms with Crippen LogP contribution >= 0.6 is 0 Å². The number of fused-ring (bicyclic) bond motifs is 9. The van der Waals surface area contributed by atoms with Gasteiger partial charge in [-0.1, -0.05) is 12.2 Å². The predicted molar refractivity (Wildman–Crippen MR) is 54.0 cm³/mol. The first kappa shape index (κ1) is 7.61. The van der Waals surface area contributed by atoms with Gasteiger partial charge in [-0.3, -0.25) is 0 Å². The molecule has 3 aliphatic carbocycles. The fourth-order valence-corrected chi connectivity index (χ4v) is 4.91. The first-order valence-electron chi connectivity index (χ1n) is 5.75. The van der Waals surface area contributed by atoms with Gasteiger partial charge in [-0.2, -0.15) is 10.2 Å². The van der Waals surface area contributed by atoms with E-state index in [1.807, 2.05) is 0 Å². The molecule has 0 aromatic heterocycles. The van der Waals surface area contributed by atoms with Crippen molar-refractivity contribution < 1.29 is 0 Å². The minimum absolute atomic E-state index is 0.184. The van der Waals surface area contributed by atoms with Gasteiger partial charge in [-0.15, -0.1) is 0 Å². The van der Waals surface area contributed by atoms with Crippen LogP contribution in [0.4, 0.5) is 0 Å². The van der Waals surface area contributed by atoms with Crippen LogP contribution in [0, 0.1) is 23.7 Å². The van der Waals surface area contributed by atoms with E-state index in [1.54, 1.807) is 0 Å². The molecule has 1 heterocycles. The highest BCUT2D eigenvalue weighted by Gasteiger charge is 2.68. The Labute approximate surface area is 84.5 Å². The minimum atomic E-state index is 0.184. The van der Waals surface area contributed by atoms with E-state index in [9.17, 15) is 0 Å². The van der Waals surface area contributed by atoms with Crippen molar-refractivity contribution in [1.82, 2.24) is 0 Å². The molecule has 4 bridgehead atoms. The number of hydrogen-bond donors (Lipinski definition) is 0. The van der Waals surface area contributed by atoms with Crippen molar-refractivity contribution in [1.29, 1.82) is 0 Å². The molecule has 2 heteroatoms. The number of allylic oxidation sites excluding steroid dienone is 2. The Balaban J connectivity index is 1.92. The lowest BCUT2D eigenvalue weighted by atomic mass is 9.75. The third kappa shape index (κ3) is 0.590. The second-order valence-electron chi connectivity index (χ2n) is 6.09. The lowest BCUT2D eigenvalue weighted by Crippen LogP contribution is -2.37. The fourth-order valence-electron chi connectivity index (χ4n) is 4.91.